The van der Waals surface area contributed by atoms with Crippen LogP contribution in [0.2, 0.25) is 10.0 Å². The van der Waals surface area contributed by atoms with Crippen molar-refractivity contribution >= 4 is 35.3 Å². The van der Waals surface area contributed by atoms with Crippen molar-refractivity contribution in [1.29, 1.82) is 0 Å². The van der Waals surface area contributed by atoms with E-state index in [-0.39, 0.29) is 6.54 Å². The molecule has 1 atom stereocenters. The second kappa shape index (κ2) is 8.41. The van der Waals surface area contributed by atoms with E-state index in [2.05, 4.69) is 5.32 Å². The summed E-state index contributed by atoms with van der Waals surface area (Å²) in [5.41, 5.74) is 0.104. The predicted octanol–water partition coefficient (Wildman–Crippen LogP) is 4.16. The van der Waals surface area contributed by atoms with Crippen LogP contribution in [0.1, 0.15) is 38.7 Å². The summed E-state index contributed by atoms with van der Waals surface area (Å²) in [6.45, 7) is 5.59. The minimum atomic E-state index is -0.574. The van der Waals surface area contributed by atoms with Crippen molar-refractivity contribution in [3.63, 3.8) is 0 Å². The summed E-state index contributed by atoms with van der Waals surface area (Å²) >= 11 is 11.9. The molecule has 0 aliphatic heterocycles. The highest BCUT2D eigenvalue weighted by atomic mass is 35.5. The topological polar surface area (TPSA) is 64.6 Å². The van der Waals surface area contributed by atoms with Crippen LogP contribution in [0.4, 0.5) is 4.79 Å². The Balaban J connectivity index is 2.71. The maximum atomic E-state index is 12.0. The van der Waals surface area contributed by atoms with Crippen LogP contribution in [0.5, 0.6) is 0 Å². The zero-order chi connectivity index (χ0) is 17.6. The first-order valence-corrected chi connectivity index (χ1v) is 7.89. The van der Waals surface area contributed by atoms with E-state index in [0.717, 1.165) is 0 Å². The average molecular weight is 362 g/mol. The van der Waals surface area contributed by atoms with Gasteiger partial charge in [0.15, 0.2) is 0 Å². The highest BCUT2D eigenvalue weighted by Gasteiger charge is 2.23. The summed E-state index contributed by atoms with van der Waals surface area (Å²) in [5.74, 6) is -0.959. The first-order chi connectivity index (χ1) is 10.6. The molecule has 0 saturated heterocycles. The van der Waals surface area contributed by atoms with E-state index in [1.54, 1.807) is 39.0 Å². The van der Waals surface area contributed by atoms with Gasteiger partial charge >= 0.3 is 12.1 Å². The third kappa shape index (κ3) is 6.67. The highest BCUT2D eigenvalue weighted by Crippen LogP contribution is 2.28. The summed E-state index contributed by atoms with van der Waals surface area (Å²) in [5, 5.41) is 3.38. The number of carbonyl (C=O) groups is 2. The molecule has 0 aliphatic carbocycles. The Kier molecular flexibility index (Phi) is 7.16. The molecule has 128 valence electrons. The Bertz CT molecular complexity index is 570. The van der Waals surface area contributed by atoms with Gasteiger partial charge in [-0.3, -0.25) is 4.79 Å². The molecule has 0 radical (unpaired) electrons. The van der Waals surface area contributed by atoms with Gasteiger partial charge in [-0.2, -0.15) is 0 Å². The number of rotatable bonds is 5. The van der Waals surface area contributed by atoms with Crippen LogP contribution in [0, 0.1) is 0 Å². The zero-order valence-electron chi connectivity index (χ0n) is 13.6. The Hall–Kier alpha value is -1.46. The second-order valence-electron chi connectivity index (χ2n) is 5.97. The number of nitrogens with one attached hydrogen (secondary N) is 1. The lowest BCUT2D eigenvalue weighted by molar-refractivity contribution is -0.142. The number of hydrogen-bond acceptors (Lipinski definition) is 4. The lowest BCUT2D eigenvalue weighted by atomic mass is 9.96. The fourth-order valence-corrected chi connectivity index (χ4v) is 2.23. The van der Waals surface area contributed by atoms with Gasteiger partial charge in [0.1, 0.15) is 5.60 Å². The molecule has 0 aliphatic rings. The van der Waals surface area contributed by atoms with Crippen LogP contribution < -0.4 is 5.32 Å². The van der Waals surface area contributed by atoms with Gasteiger partial charge < -0.3 is 14.8 Å². The minimum Gasteiger partial charge on any atom is -0.469 e. The normalized spacial score (nSPS) is 12.4. The molecule has 23 heavy (non-hydrogen) atoms. The first kappa shape index (κ1) is 19.6. The molecular formula is C16H21Cl2NO4. The van der Waals surface area contributed by atoms with Gasteiger partial charge in [0.2, 0.25) is 0 Å². The quantitative estimate of drug-likeness (QED) is 0.799. The van der Waals surface area contributed by atoms with Crippen LogP contribution in [-0.2, 0) is 14.3 Å². The number of hydrogen-bond donors (Lipinski definition) is 1. The monoisotopic (exact) mass is 361 g/mol. The van der Waals surface area contributed by atoms with Gasteiger partial charge in [-0.1, -0.05) is 29.3 Å². The van der Waals surface area contributed by atoms with Gasteiger partial charge in [0.05, 0.1) is 23.1 Å². The van der Waals surface area contributed by atoms with E-state index in [0.29, 0.717) is 22.0 Å². The van der Waals surface area contributed by atoms with E-state index in [1.165, 1.54) is 7.11 Å². The fourth-order valence-electron chi connectivity index (χ4n) is 1.92. The maximum absolute atomic E-state index is 12.0. The standard InChI is InChI=1S/C16H21Cl2NO4/c1-16(2,3)23-15(21)19-8-7-11(14(20)22-4)10-5-6-12(17)13(18)9-10/h5-6,9,11H,7-8H2,1-4H3,(H,19,21). The molecule has 1 amide bonds. The number of methoxy groups -OCH3 is 1. The Morgan fingerprint density at radius 3 is 2.39 bits per heavy atom. The molecular weight excluding hydrogens is 341 g/mol. The van der Waals surface area contributed by atoms with Gasteiger partial charge in [-0.05, 0) is 44.9 Å². The largest absolute Gasteiger partial charge is 0.469 e. The second-order valence-corrected chi connectivity index (χ2v) is 6.78. The lowest BCUT2D eigenvalue weighted by Crippen LogP contribution is -2.34. The Labute approximate surface area is 146 Å². The maximum Gasteiger partial charge on any atom is 0.407 e. The Morgan fingerprint density at radius 2 is 1.87 bits per heavy atom. The van der Waals surface area contributed by atoms with Crippen LogP contribution in [0.15, 0.2) is 18.2 Å². The van der Waals surface area contributed by atoms with Crippen LogP contribution in [0.25, 0.3) is 0 Å². The summed E-state index contributed by atoms with van der Waals surface area (Å²) < 4.78 is 9.96. The molecule has 0 spiro atoms. The highest BCUT2D eigenvalue weighted by molar-refractivity contribution is 6.42. The van der Waals surface area contributed by atoms with Crippen LogP contribution in [0.3, 0.4) is 0 Å². The third-order valence-electron chi connectivity index (χ3n) is 2.93. The number of amides is 1. The van der Waals surface area contributed by atoms with Crippen molar-refractivity contribution < 1.29 is 19.1 Å². The minimum absolute atomic E-state index is 0.259. The average Bonchev–Trinajstić information content (AvgIpc) is 2.44. The smallest absolute Gasteiger partial charge is 0.407 e. The molecule has 1 N–H and O–H groups in total. The van der Waals surface area contributed by atoms with Crippen molar-refractivity contribution in [3.8, 4) is 0 Å². The van der Waals surface area contributed by atoms with E-state index in [9.17, 15) is 9.59 Å². The number of halogens is 2. The molecule has 0 fully saturated rings. The number of esters is 1. The van der Waals surface area contributed by atoms with Crippen molar-refractivity contribution in [2.75, 3.05) is 13.7 Å². The molecule has 1 aromatic rings. The molecule has 0 heterocycles. The molecule has 5 nitrogen and oxygen atoms in total. The van der Waals surface area contributed by atoms with Gasteiger partial charge in [0, 0.05) is 6.54 Å². The van der Waals surface area contributed by atoms with Crippen molar-refractivity contribution in [2.45, 2.75) is 38.7 Å². The van der Waals surface area contributed by atoms with Crippen molar-refractivity contribution in [3.05, 3.63) is 33.8 Å². The molecule has 0 bridgehead atoms. The summed E-state index contributed by atoms with van der Waals surface area (Å²) in [7, 11) is 1.31. The summed E-state index contributed by atoms with van der Waals surface area (Å²) in [6, 6.07) is 4.96. The fraction of sp³-hybridized carbons (Fsp3) is 0.500. The Morgan fingerprint density at radius 1 is 1.22 bits per heavy atom. The molecule has 1 unspecified atom stereocenters. The number of ether oxygens (including phenoxy) is 2. The number of benzene rings is 1. The molecule has 1 rings (SSSR count). The number of alkyl carbamates (subject to hydrolysis) is 1. The van der Waals surface area contributed by atoms with Gasteiger partial charge in [-0.25, -0.2) is 4.79 Å². The van der Waals surface area contributed by atoms with E-state index < -0.39 is 23.6 Å². The third-order valence-corrected chi connectivity index (χ3v) is 3.67. The van der Waals surface area contributed by atoms with Crippen LogP contribution in [-0.4, -0.2) is 31.3 Å². The summed E-state index contributed by atoms with van der Waals surface area (Å²) in [6.07, 6.45) is -0.181. The van der Waals surface area contributed by atoms with Gasteiger partial charge in [0.25, 0.3) is 0 Å². The summed E-state index contributed by atoms with van der Waals surface area (Å²) in [4.78, 5) is 23.6. The molecule has 1 aromatic carbocycles. The first-order valence-electron chi connectivity index (χ1n) is 7.13. The number of carbonyl (C=O) groups excluding carboxylic acids is 2. The van der Waals surface area contributed by atoms with E-state index in [1.807, 2.05) is 0 Å². The van der Waals surface area contributed by atoms with Crippen molar-refractivity contribution in [2.24, 2.45) is 0 Å². The zero-order valence-corrected chi connectivity index (χ0v) is 15.1. The SMILES string of the molecule is COC(=O)C(CCNC(=O)OC(C)(C)C)c1ccc(Cl)c(Cl)c1. The van der Waals surface area contributed by atoms with E-state index in [4.69, 9.17) is 32.7 Å². The molecule has 0 aromatic heterocycles. The van der Waals surface area contributed by atoms with Gasteiger partial charge in [-0.15, -0.1) is 0 Å². The van der Waals surface area contributed by atoms with Crippen LogP contribution >= 0.6 is 23.2 Å². The molecule has 0 saturated carbocycles. The molecule has 7 heteroatoms. The van der Waals surface area contributed by atoms with Crippen molar-refractivity contribution in [1.82, 2.24) is 5.32 Å². The lowest BCUT2D eigenvalue weighted by Gasteiger charge is -2.20. The van der Waals surface area contributed by atoms with E-state index >= 15 is 0 Å². The predicted molar refractivity (Wildman–Crippen MR) is 90.1 cm³/mol.